The number of hydrogen-bond donors (Lipinski definition) is 1. The molecule has 2 aromatic rings. The summed E-state index contributed by atoms with van der Waals surface area (Å²) in [6, 6.07) is 6.66. The average Bonchev–Trinajstić information content (AvgIpc) is 2.48. The van der Waals surface area contributed by atoms with Gasteiger partial charge < -0.3 is 5.32 Å². The normalized spacial score (nSPS) is 10.1. The van der Waals surface area contributed by atoms with E-state index >= 15 is 0 Å². The van der Waals surface area contributed by atoms with Crippen LogP contribution in [0.2, 0.25) is 5.02 Å². The zero-order valence-electron chi connectivity index (χ0n) is 11.1. The fourth-order valence-electron chi connectivity index (χ4n) is 1.80. The van der Waals surface area contributed by atoms with E-state index in [4.69, 9.17) is 11.6 Å². The molecule has 0 heterocycles. The molecule has 118 valence electrons. The minimum Gasteiger partial charge on any atom is -0.344 e. The molecule has 0 amide bonds. The molecule has 0 atom stereocenters. The highest BCUT2D eigenvalue weighted by molar-refractivity contribution is 6.30. The van der Waals surface area contributed by atoms with Gasteiger partial charge in [0.1, 0.15) is 11.4 Å². The summed E-state index contributed by atoms with van der Waals surface area (Å²) in [6.45, 7) is 0. The molecule has 0 aromatic heterocycles. The first-order chi connectivity index (χ1) is 10.8. The lowest BCUT2D eigenvalue weighted by Gasteiger charge is -2.08. The van der Waals surface area contributed by atoms with Crippen molar-refractivity contribution in [3.05, 3.63) is 71.8 Å². The van der Waals surface area contributed by atoms with Gasteiger partial charge in [-0.3, -0.25) is 30.3 Å². The molecule has 11 heteroatoms. The second kappa shape index (κ2) is 6.23. The zero-order chi connectivity index (χ0) is 17.1. The van der Waals surface area contributed by atoms with Gasteiger partial charge >= 0.3 is 0 Å². The molecule has 0 aliphatic heterocycles. The molecule has 2 rings (SSSR count). The molecule has 0 saturated heterocycles. The topological polar surface area (TPSA) is 141 Å². The van der Waals surface area contributed by atoms with Crippen LogP contribution in [0.25, 0.3) is 0 Å². The quantitative estimate of drug-likeness (QED) is 0.645. The van der Waals surface area contributed by atoms with Crippen molar-refractivity contribution in [1.82, 2.24) is 0 Å². The molecule has 0 fully saturated rings. The van der Waals surface area contributed by atoms with Crippen LogP contribution in [0.1, 0.15) is 0 Å². The third-order valence-electron chi connectivity index (χ3n) is 2.81. The van der Waals surface area contributed by atoms with E-state index in [0.29, 0.717) is 0 Å². The van der Waals surface area contributed by atoms with Crippen LogP contribution < -0.4 is 5.32 Å². The number of rotatable bonds is 5. The predicted octanol–water partition coefficient (Wildman–Crippen LogP) is 3.81. The van der Waals surface area contributed by atoms with Crippen molar-refractivity contribution >= 4 is 40.0 Å². The monoisotopic (exact) mass is 338 g/mol. The Morgan fingerprint density at radius 2 is 1.30 bits per heavy atom. The van der Waals surface area contributed by atoms with E-state index in [9.17, 15) is 30.3 Å². The fraction of sp³-hybridized carbons (Fsp3) is 0. The largest absolute Gasteiger partial charge is 0.344 e. The number of hydrogen-bond acceptors (Lipinski definition) is 7. The summed E-state index contributed by atoms with van der Waals surface area (Å²) >= 11 is 5.69. The number of benzene rings is 2. The molecular formula is C12H7ClN4O6. The SMILES string of the molecule is O=[N+]([O-])c1ccc(Nc2ccc(Cl)cc2[N+](=O)[O-])c([N+](=O)[O-])c1. The average molecular weight is 339 g/mol. The Kier molecular flexibility index (Phi) is 4.37. The van der Waals surface area contributed by atoms with E-state index in [1.54, 1.807) is 0 Å². The molecule has 0 radical (unpaired) electrons. The van der Waals surface area contributed by atoms with Crippen LogP contribution in [-0.2, 0) is 0 Å². The summed E-state index contributed by atoms with van der Waals surface area (Å²) in [4.78, 5) is 30.4. The molecule has 0 spiro atoms. The Hall–Kier alpha value is -3.27. The van der Waals surface area contributed by atoms with E-state index in [-0.39, 0.29) is 22.1 Å². The lowest BCUT2D eigenvalue weighted by Crippen LogP contribution is -2.01. The molecule has 0 saturated carbocycles. The highest BCUT2D eigenvalue weighted by atomic mass is 35.5. The predicted molar refractivity (Wildman–Crippen MR) is 81.1 cm³/mol. The molecule has 2 aromatic carbocycles. The van der Waals surface area contributed by atoms with Crippen molar-refractivity contribution in [2.45, 2.75) is 0 Å². The van der Waals surface area contributed by atoms with Crippen molar-refractivity contribution in [2.24, 2.45) is 0 Å². The van der Waals surface area contributed by atoms with Gasteiger partial charge in [-0.15, -0.1) is 0 Å². The van der Waals surface area contributed by atoms with Crippen LogP contribution in [0.4, 0.5) is 28.4 Å². The van der Waals surface area contributed by atoms with Crippen LogP contribution in [0.15, 0.2) is 36.4 Å². The molecule has 0 unspecified atom stereocenters. The molecule has 0 bridgehead atoms. The van der Waals surface area contributed by atoms with Gasteiger partial charge in [0.15, 0.2) is 0 Å². The molecule has 1 N–H and O–H groups in total. The first kappa shape index (κ1) is 16.1. The first-order valence-corrected chi connectivity index (χ1v) is 6.31. The van der Waals surface area contributed by atoms with Crippen molar-refractivity contribution < 1.29 is 14.8 Å². The lowest BCUT2D eigenvalue weighted by atomic mass is 10.2. The first-order valence-electron chi connectivity index (χ1n) is 5.93. The minimum absolute atomic E-state index is 0.0312. The van der Waals surface area contributed by atoms with E-state index in [1.807, 2.05) is 0 Å². The maximum absolute atomic E-state index is 11.0. The van der Waals surface area contributed by atoms with Crippen molar-refractivity contribution in [3.8, 4) is 0 Å². The number of nitrogens with zero attached hydrogens (tertiary/aromatic N) is 3. The number of halogens is 1. The Labute approximate surface area is 132 Å². The van der Waals surface area contributed by atoms with Crippen molar-refractivity contribution in [3.63, 3.8) is 0 Å². The number of nitro benzene ring substituents is 3. The van der Waals surface area contributed by atoms with Gasteiger partial charge in [-0.2, -0.15) is 0 Å². The van der Waals surface area contributed by atoms with Crippen LogP contribution >= 0.6 is 11.6 Å². The molecule has 0 aliphatic rings. The standard InChI is InChI=1S/C12H7ClN4O6/c13-7-1-3-9(11(5-7)16(20)21)14-10-4-2-8(15(18)19)6-12(10)17(22)23/h1-6,14H. The maximum atomic E-state index is 11.0. The molecule has 10 nitrogen and oxygen atoms in total. The van der Waals surface area contributed by atoms with Gasteiger partial charge in [-0.25, -0.2) is 0 Å². The Balaban J connectivity index is 2.50. The molecular weight excluding hydrogens is 332 g/mol. The van der Waals surface area contributed by atoms with Crippen LogP contribution in [0.3, 0.4) is 0 Å². The highest BCUT2D eigenvalue weighted by Gasteiger charge is 2.22. The minimum atomic E-state index is -0.822. The summed E-state index contributed by atoms with van der Waals surface area (Å²) in [6.07, 6.45) is 0. The smallest absolute Gasteiger partial charge is 0.299 e. The summed E-state index contributed by atoms with van der Waals surface area (Å²) in [7, 11) is 0. The highest BCUT2D eigenvalue weighted by Crippen LogP contribution is 2.35. The fourth-order valence-corrected chi connectivity index (χ4v) is 1.96. The van der Waals surface area contributed by atoms with Crippen molar-refractivity contribution in [1.29, 1.82) is 0 Å². The van der Waals surface area contributed by atoms with E-state index in [2.05, 4.69) is 5.32 Å². The van der Waals surface area contributed by atoms with Crippen LogP contribution in [0.5, 0.6) is 0 Å². The number of anilines is 2. The summed E-state index contributed by atoms with van der Waals surface area (Å²) in [5.74, 6) is 0. The second-order valence-electron chi connectivity index (χ2n) is 4.26. The Morgan fingerprint density at radius 1 is 0.783 bits per heavy atom. The number of nitro groups is 3. The van der Waals surface area contributed by atoms with Gasteiger partial charge in [0.05, 0.1) is 20.8 Å². The van der Waals surface area contributed by atoms with Gasteiger partial charge in [-0.05, 0) is 18.2 Å². The Bertz CT molecular complexity index is 825. The molecule has 23 heavy (non-hydrogen) atoms. The summed E-state index contributed by atoms with van der Waals surface area (Å²) in [5, 5.41) is 35.4. The summed E-state index contributed by atoms with van der Waals surface area (Å²) in [5.41, 5.74) is -1.58. The van der Waals surface area contributed by atoms with Crippen LogP contribution in [-0.4, -0.2) is 14.8 Å². The van der Waals surface area contributed by atoms with E-state index in [0.717, 1.165) is 24.3 Å². The van der Waals surface area contributed by atoms with E-state index < -0.39 is 26.1 Å². The van der Waals surface area contributed by atoms with Gasteiger partial charge in [-0.1, -0.05) is 11.6 Å². The van der Waals surface area contributed by atoms with Gasteiger partial charge in [0.2, 0.25) is 0 Å². The van der Waals surface area contributed by atoms with Gasteiger partial charge in [0.25, 0.3) is 17.1 Å². The van der Waals surface area contributed by atoms with E-state index in [1.165, 1.54) is 12.1 Å². The number of nitrogens with one attached hydrogen (secondary N) is 1. The molecule has 0 aliphatic carbocycles. The zero-order valence-corrected chi connectivity index (χ0v) is 11.9. The summed E-state index contributed by atoms with van der Waals surface area (Å²) < 4.78 is 0. The third-order valence-corrected chi connectivity index (χ3v) is 3.05. The lowest BCUT2D eigenvalue weighted by molar-refractivity contribution is -0.393. The van der Waals surface area contributed by atoms with Crippen LogP contribution in [0, 0.1) is 30.3 Å². The van der Waals surface area contributed by atoms with Crippen molar-refractivity contribution in [2.75, 3.05) is 5.32 Å². The number of non-ortho nitro benzene ring substituents is 1. The van der Waals surface area contributed by atoms with Gasteiger partial charge in [0, 0.05) is 17.2 Å². The Morgan fingerprint density at radius 3 is 1.83 bits per heavy atom. The maximum Gasteiger partial charge on any atom is 0.299 e. The third kappa shape index (κ3) is 3.49. The second-order valence-corrected chi connectivity index (χ2v) is 4.70.